The van der Waals surface area contributed by atoms with Crippen molar-refractivity contribution in [2.24, 2.45) is 0 Å². The van der Waals surface area contributed by atoms with Crippen LogP contribution in [0.25, 0.3) is 6.08 Å². The van der Waals surface area contributed by atoms with Crippen LogP contribution in [0.1, 0.15) is 48.7 Å². The third kappa shape index (κ3) is 7.11. The van der Waals surface area contributed by atoms with Gasteiger partial charge in [0.05, 0.1) is 12.7 Å². The molecule has 2 aromatic carbocycles. The van der Waals surface area contributed by atoms with E-state index in [1.54, 1.807) is 44.2 Å². The third-order valence-corrected chi connectivity index (χ3v) is 4.89. The van der Waals surface area contributed by atoms with Gasteiger partial charge in [0.1, 0.15) is 22.8 Å². The van der Waals surface area contributed by atoms with Gasteiger partial charge in [0, 0.05) is 5.56 Å². The first-order valence-corrected chi connectivity index (χ1v) is 10.2. The Hall–Kier alpha value is -3.35. The van der Waals surface area contributed by atoms with Gasteiger partial charge in [-0.3, -0.25) is 10.1 Å². The lowest BCUT2D eigenvalue weighted by atomic mass is 9.99. The summed E-state index contributed by atoms with van der Waals surface area (Å²) < 4.78 is 5.37. The van der Waals surface area contributed by atoms with Crippen LogP contribution in [0.2, 0.25) is 0 Å². The molecule has 0 aliphatic carbocycles. The molecule has 0 amide bonds. The Labute approximate surface area is 188 Å². The minimum absolute atomic E-state index is 0.112. The first-order valence-electron chi connectivity index (χ1n) is 10.2. The van der Waals surface area contributed by atoms with Gasteiger partial charge in [-0.25, -0.2) is 4.89 Å². The molecule has 3 N–H and O–H groups in total. The summed E-state index contributed by atoms with van der Waals surface area (Å²) in [5.41, 5.74) is 1.75. The summed E-state index contributed by atoms with van der Waals surface area (Å²) >= 11 is 0. The number of allylic oxidation sites excluding steroid dienone is 4. The number of aromatic hydroxyl groups is 2. The molecule has 0 saturated heterocycles. The van der Waals surface area contributed by atoms with Crippen LogP contribution < -0.4 is 4.74 Å². The van der Waals surface area contributed by atoms with Crippen LogP contribution >= 0.6 is 0 Å². The van der Waals surface area contributed by atoms with Crippen molar-refractivity contribution in [3.63, 3.8) is 0 Å². The molecule has 0 bridgehead atoms. The summed E-state index contributed by atoms with van der Waals surface area (Å²) in [5.74, 6) is 0.194. The smallest absolute Gasteiger partial charge is 0.189 e. The lowest BCUT2D eigenvalue weighted by molar-refractivity contribution is -0.297. The van der Waals surface area contributed by atoms with Crippen LogP contribution in [-0.2, 0) is 11.3 Å². The van der Waals surface area contributed by atoms with Crippen LogP contribution in [0.4, 0.5) is 0 Å². The SMILES string of the molecule is COc1ccc(C(=O)/C=C/c2ccc(O)cc2)c(O)c1C/C=C(\C)C/C=C/C(C)(C)OO. The zero-order chi connectivity index (χ0) is 23.7. The highest BCUT2D eigenvalue weighted by Gasteiger charge is 2.16. The molecular formula is C26H30O6. The summed E-state index contributed by atoms with van der Waals surface area (Å²) in [4.78, 5) is 17.0. The van der Waals surface area contributed by atoms with Crippen molar-refractivity contribution in [2.45, 2.75) is 39.2 Å². The number of hydrogen-bond acceptors (Lipinski definition) is 6. The monoisotopic (exact) mass is 438 g/mol. The van der Waals surface area contributed by atoms with E-state index in [2.05, 4.69) is 4.89 Å². The minimum Gasteiger partial charge on any atom is -0.508 e. The van der Waals surface area contributed by atoms with Gasteiger partial charge in [-0.15, -0.1) is 0 Å². The second-order valence-corrected chi connectivity index (χ2v) is 7.99. The number of ether oxygens (including phenoxy) is 1. The summed E-state index contributed by atoms with van der Waals surface area (Å²) in [7, 11) is 1.51. The number of phenols is 2. The summed E-state index contributed by atoms with van der Waals surface area (Å²) in [6.45, 7) is 5.43. The van der Waals surface area contributed by atoms with Crippen molar-refractivity contribution in [2.75, 3.05) is 7.11 Å². The number of rotatable bonds is 10. The Kier molecular flexibility index (Phi) is 8.81. The first kappa shape index (κ1) is 24.9. The Bertz CT molecular complexity index is 1010. The highest BCUT2D eigenvalue weighted by Crippen LogP contribution is 2.33. The molecule has 32 heavy (non-hydrogen) atoms. The Morgan fingerprint density at radius 3 is 2.41 bits per heavy atom. The quantitative estimate of drug-likeness (QED) is 0.145. The maximum Gasteiger partial charge on any atom is 0.189 e. The van der Waals surface area contributed by atoms with Gasteiger partial charge in [-0.1, -0.05) is 42.0 Å². The molecule has 0 fully saturated rings. The van der Waals surface area contributed by atoms with Gasteiger partial charge in [-0.2, -0.15) is 0 Å². The van der Waals surface area contributed by atoms with Crippen LogP contribution in [0.15, 0.2) is 66.3 Å². The molecule has 2 rings (SSSR count). The number of methoxy groups -OCH3 is 1. The highest BCUT2D eigenvalue weighted by molar-refractivity contribution is 6.09. The molecule has 0 unspecified atom stereocenters. The van der Waals surface area contributed by atoms with Crippen LogP contribution in [-0.4, -0.2) is 34.0 Å². The number of benzene rings is 2. The highest BCUT2D eigenvalue weighted by atomic mass is 17.1. The van der Waals surface area contributed by atoms with E-state index in [0.29, 0.717) is 24.2 Å². The van der Waals surface area contributed by atoms with Crippen molar-refractivity contribution in [1.82, 2.24) is 0 Å². The molecule has 0 aromatic heterocycles. The standard InChI is InChI=1S/C26H30O6/c1-18(6-5-17-26(2,3)32-30)7-13-22-24(31-4)16-14-21(25(22)29)23(28)15-10-19-8-11-20(27)12-9-19/h5,7-12,14-17,27,29-30H,6,13H2,1-4H3/b15-10+,17-5+,18-7+. The van der Waals surface area contributed by atoms with Crippen LogP contribution in [0.5, 0.6) is 17.2 Å². The number of carbonyl (C=O) groups excluding carboxylic acids is 1. The van der Waals surface area contributed by atoms with Gasteiger partial charge in [0.2, 0.25) is 0 Å². The second-order valence-electron chi connectivity index (χ2n) is 7.99. The maximum absolute atomic E-state index is 12.7. The molecule has 170 valence electrons. The minimum atomic E-state index is -0.760. The van der Waals surface area contributed by atoms with Crippen molar-refractivity contribution in [1.29, 1.82) is 0 Å². The molecule has 0 saturated carbocycles. The lowest BCUT2D eigenvalue weighted by Gasteiger charge is -2.14. The fraction of sp³-hybridized carbons (Fsp3) is 0.269. The number of carbonyl (C=O) groups is 1. The number of phenolic OH excluding ortho intramolecular Hbond substituents is 2. The van der Waals surface area contributed by atoms with Gasteiger partial charge >= 0.3 is 0 Å². The molecule has 0 aliphatic rings. The van der Waals surface area contributed by atoms with Gasteiger partial charge < -0.3 is 14.9 Å². The Morgan fingerprint density at radius 1 is 1.09 bits per heavy atom. The summed E-state index contributed by atoms with van der Waals surface area (Å²) in [6, 6.07) is 9.66. The molecule has 0 aliphatic heterocycles. The van der Waals surface area contributed by atoms with E-state index in [9.17, 15) is 15.0 Å². The van der Waals surface area contributed by atoms with Crippen LogP contribution in [0.3, 0.4) is 0 Å². The van der Waals surface area contributed by atoms with E-state index in [1.165, 1.54) is 31.4 Å². The first-order chi connectivity index (χ1) is 15.2. The zero-order valence-electron chi connectivity index (χ0n) is 18.8. The third-order valence-electron chi connectivity index (χ3n) is 4.89. The number of hydrogen-bond donors (Lipinski definition) is 3. The molecule has 6 nitrogen and oxygen atoms in total. The molecule has 0 radical (unpaired) electrons. The van der Waals surface area contributed by atoms with E-state index >= 15 is 0 Å². The molecule has 0 spiro atoms. The van der Waals surface area contributed by atoms with Crippen molar-refractivity contribution in [3.05, 3.63) is 83.0 Å². The van der Waals surface area contributed by atoms with E-state index < -0.39 is 5.60 Å². The average Bonchev–Trinajstić information content (AvgIpc) is 2.77. The van der Waals surface area contributed by atoms with Crippen molar-refractivity contribution in [3.8, 4) is 17.2 Å². The van der Waals surface area contributed by atoms with E-state index in [0.717, 1.165) is 11.1 Å². The molecule has 6 heteroatoms. The van der Waals surface area contributed by atoms with E-state index in [1.807, 2.05) is 19.1 Å². The fourth-order valence-electron chi connectivity index (χ4n) is 2.97. The van der Waals surface area contributed by atoms with Gasteiger partial charge in [-0.05, 0) is 69.5 Å². The molecule has 2 aromatic rings. The summed E-state index contributed by atoms with van der Waals surface area (Å²) in [5, 5.41) is 29.0. The number of ketones is 1. The van der Waals surface area contributed by atoms with E-state index in [4.69, 9.17) is 9.99 Å². The average molecular weight is 439 g/mol. The Balaban J connectivity index is 2.20. The van der Waals surface area contributed by atoms with Crippen LogP contribution in [0, 0.1) is 0 Å². The van der Waals surface area contributed by atoms with Gasteiger partial charge in [0.25, 0.3) is 0 Å². The predicted octanol–water partition coefficient (Wildman–Crippen LogP) is 5.71. The predicted molar refractivity (Wildman–Crippen MR) is 125 cm³/mol. The zero-order valence-corrected chi connectivity index (χ0v) is 18.8. The van der Waals surface area contributed by atoms with Gasteiger partial charge in [0.15, 0.2) is 5.78 Å². The summed E-state index contributed by atoms with van der Waals surface area (Å²) in [6.07, 6.45) is 9.65. The largest absolute Gasteiger partial charge is 0.508 e. The van der Waals surface area contributed by atoms with E-state index in [-0.39, 0.29) is 22.8 Å². The lowest BCUT2D eigenvalue weighted by Crippen LogP contribution is -2.18. The second kappa shape index (κ2) is 11.3. The molecule has 0 heterocycles. The normalized spacial score (nSPS) is 12.6. The van der Waals surface area contributed by atoms with Crippen molar-refractivity contribution >= 4 is 11.9 Å². The maximum atomic E-state index is 12.7. The Morgan fingerprint density at radius 2 is 1.78 bits per heavy atom. The van der Waals surface area contributed by atoms with Crippen molar-refractivity contribution < 1.29 is 29.9 Å². The fourth-order valence-corrected chi connectivity index (χ4v) is 2.97. The molecule has 0 atom stereocenters. The molecular weight excluding hydrogens is 408 g/mol. The topological polar surface area (TPSA) is 96.2 Å².